The van der Waals surface area contributed by atoms with Crippen LogP contribution in [0, 0.1) is 11.3 Å². The lowest BCUT2D eigenvalue weighted by molar-refractivity contribution is -0.146. The normalized spacial score (nSPS) is 11.2. The Bertz CT molecular complexity index is 556. The third-order valence-electron chi connectivity index (χ3n) is 2.33. The van der Waals surface area contributed by atoms with Gasteiger partial charge >= 0.3 is 12.0 Å². The Balaban J connectivity index is 2.47. The van der Waals surface area contributed by atoms with Gasteiger partial charge in [0, 0.05) is 13.0 Å². The minimum absolute atomic E-state index is 0.00675. The molecule has 0 unspecified atom stereocenters. The number of halogens is 1. The number of carboxylic acid groups (broad SMARTS) is 1. The molecule has 20 heavy (non-hydrogen) atoms. The van der Waals surface area contributed by atoms with Gasteiger partial charge in [0.05, 0.1) is 22.3 Å². The zero-order chi connectivity index (χ0) is 15.1. The Morgan fingerprint density at radius 3 is 2.70 bits per heavy atom. The van der Waals surface area contributed by atoms with E-state index in [2.05, 4.69) is 10.6 Å². The second kappa shape index (κ2) is 7.33. The number of nitrogens with one attached hydrogen (secondary N) is 2. The van der Waals surface area contributed by atoms with E-state index in [-0.39, 0.29) is 18.0 Å². The lowest BCUT2D eigenvalue weighted by atomic mass is 10.2. The maximum atomic E-state index is 11.5. The van der Waals surface area contributed by atoms with Gasteiger partial charge in [0.1, 0.15) is 0 Å². The molecule has 7 nitrogen and oxygen atoms in total. The SMILES string of the molecule is N#Cc1ccc(NC(=O)NCC[C@H](O)C(=O)O)c(Cl)c1. The number of aliphatic hydroxyl groups is 1. The topological polar surface area (TPSA) is 122 Å². The minimum atomic E-state index is -1.52. The summed E-state index contributed by atoms with van der Waals surface area (Å²) < 4.78 is 0. The number of hydrogen-bond acceptors (Lipinski definition) is 4. The standard InChI is InChI=1S/C12H12ClN3O4/c13-8-5-7(6-14)1-2-9(8)16-12(20)15-4-3-10(17)11(18)19/h1-2,5,10,17H,3-4H2,(H,18,19)(H2,15,16,20)/t10-/m0/s1. The first kappa shape index (κ1) is 15.8. The van der Waals surface area contributed by atoms with E-state index in [9.17, 15) is 9.59 Å². The van der Waals surface area contributed by atoms with Gasteiger partial charge < -0.3 is 20.8 Å². The quantitative estimate of drug-likeness (QED) is 0.649. The Kier molecular flexibility index (Phi) is 5.77. The van der Waals surface area contributed by atoms with Crippen LogP contribution in [0.2, 0.25) is 5.02 Å². The molecule has 0 aliphatic heterocycles. The van der Waals surface area contributed by atoms with Crippen LogP contribution >= 0.6 is 11.6 Å². The fraction of sp³-hybridized carbons (Fsp3) is 0.250. The van der Waals surface area contributed by atoms with E-state index in [1.54, 1.807) is 0 Å². The van der Waals surface area contributed by atoms with Crippen LogP contribution in [0.1, 0.15) is 12.0 Å². The number of carbonyl (C=O) groups is 2. The molecule has 0 saturated carbocycles. The number of benzene rings is 1. The summed E-state index contributed by atoms with van der Waals surface area (Å²) in [6, 6.07) is 5.70. The highest BCUT2D eigenvalue weighted by atomic mass is 35.5. The molecule has 0 fully saturated rings. The van der Waals surface area contributed by atoms with Crippen molar-refractivity contribution in [1.82, 2.24) is 5.32 Å². The summed E-state index contributed by atoms with van der Waals surface area (Å²) in [7, 11) is 0. The van der Waals surface area contributed by atoms with Crippen molar-refractivity contribution in [2.45, 2.75) is 12.5 Å². The van der Waals surface area contributed by atoms with Crippen LogP contribution < -0.4 is 10.6 Å². The van der Waals surface area contributed by atoms with Gasteiger partial charge in [-0.05, 0) is 18.2 Å². The monoisotopic (exact) mass is 297 g/mol. The van der Waals surface area contributed by atoms with Crippen LogP contribution in [0.3, 0.4) is 0 Å². The number of anilines is 1. The van der Waals surface area contributed by atoms with Crippen molar-refractivity contribution in [3.8, 4) is 6.07 Å². The van der Waals surface area contributed by atoms with E-state index < -0.39 is 18.1 Å². The van der Waals surface area contributed by atoms with Crippen LogP contribution in [0.15, 0.2) is 18.2 Å². The van der Waals surface area contributed by atoms with Crippen molar-refractivity contribution in [3.63, 3.8) is 0 Å². The fourth-order valence-electron chi connectivity index (χ4n) is 1.30. The molecular formula is C12H12ClN3O4. The number of nitriles is 1. The van der Waals surface area contributed by atoms with Gasteiger partial charge in [-0.25, -0.2) is 9.59 Å². The molecule has 4 N–H and O–H groups in total. The summed E-state index contributed by atoms with van der Waals surface area (Å²) >= 11 is 5.87. The average Bonchev–Trinajstić information content (AvgIpc) is 2.40. The van der Waals surface area contributed by atoms with Gasteiger partial charge in [-0.1, -0.05) is 11.6 Å². The number of carboxylic acids is 1. The van der Waals surface area contributed by atoms with E-state index in [0.717, 1.165) is 0 Å². The molecular weight excluding hydrogens is 286 g/mol. The highest BCUT2D eigenvalue weighted by Gasteiger charge is 2.13. The largest absolute Gasteiger partial charge is 0.479 e. The highest BCUT2D eigenvalue weighted by Crippen LogP contribution is 2.22. The smallest absolute Gasteiger partial charge is 0.332 e. The minimum Gasteiger partial charge on any atom is -0.479 e. The fourth-order valence-corrected chi connectivity index (χ4v) is 1.53. The molecule has 0 aliphatic rings. The van der Waals surface area contributed by atoms with Crippen molar-refractivity contribution >= 4 is 29.3 Å². The number of aliphatic hydroxyl groups excluding tert-OH is 1. The van der Waals surface area contributed by atoms with Gasteiger partial charge in [-0.3, -0.25) is 0 Å². The zero-order valence-corrected chi connectivity index (χ0v) is 11.0. The van der Waals surface area contributed by atoms with Gasteiger partial charge in [0.15, 0.2) is 6.10 Å². The average molecular weight is 298 g/mol. The predicted octanol–water partition coefficient (Wildman–Crippen LogP) is 1.17. The molecule has 0 radical (unpaired) electrons. The molecule has 1 aromatic carbocycles. The Labute approximate surface area is 119 Å². The molecule has 0 heterocycles. The predicted molar refractivity (Wildman–Crippen MR) is 71.4 cm³/mol. The molecule has 1 rings (SSSR count). The number of urea groups is 1. The maximum absolute atomic E-state index is 11.5. The second-order valence-corrected chi connectivity index (χ2v) is 4.24. The van der Waals surface area contributed by atoms with E-state index in [4.69, 9.17) is 27.1 Å². The summed E-state index contributed by atoms with van der Waals surface area (Å²) in [6.07, 6.45) is -1.63. The number of carbonyl (C=O) groups excluding carboxylic acids is 1. The number of rotatable bonds is 5. The molecule has 106 valence electrons. The van der Waals surface area contributed by atoms with Gasteiger partial charge in [-0.15, -0.1) is 0 Å². The van der Waals surface area contributed by atoms with Crippen LogP contribution in [-0.2, 0) is 4.79 Å². The van der Waals surface area contributed by atoms with E-state index in [1.165, 1.54) is 18.2 Å². The van der Waals surface area contributed by atoms with Crippen molar-refractivity contribution in [3.05, 3.63) is 28.8 Å². The first-order valence-corrected chi connectivity index (χ1v) is 5.97. The number of aliphatic carboxylic acids is 1. The Hall–Kier alpha value is -2.30. The number of hydrogen-bond donors (Lipinski definition) is 4. The third kappa shape index (κ3) is 4.76. The number of nitrogens with zero attached hydrogens (tertiary/aromatic N) is 1. The molecule has 8 heteroatoms. The van der Waals surface area contributed by atoms with Gasteiger partial charge in [0.25, 0.3) is 0 Å². The summed E-state index contributed by atoms with van der Waals surface area (Å²) in [5, 5.41) is 31.2. The van der Waals surface area contributed by atoms with Crippen LogP contribution in [-0.4, -0.2) is 34.9 Å². The Morgan fingerprint density at radius 1 is 1.45 bits per heavy atom. The van der Waals surface area contributed by atoms with Crippen LogP contribution in [0.25, 0.3) is 0 Å². The molecule has 0 spiro atoms. The van der Waals surface area contributed by atoms with Gasteiger partial charge in [-0.2, -0.15) is 5.26 Å². The summed E-state index contributed by atoms with van der Waals surface area (Å²) in [5.74, 6) is -1.35. The summed E-state index contributed by atoms with van der Waals surface area (Å²) in [5.41, 5.74) is 0.687. The lowest BCUT2D eigenvalue weighted by Gasteiger charge is -2.10. The molecule has 0 aliphatic carbocycles. The maximum Gasteiger partial charge on any atom is 0.332 e. The first-order chi connectivity index (χ1) is 9.43. The molecule has 0 aromatic heterocycles. The van der Waals surface area contributed by atoms with Crippen molar-refractivity contribution in [2.24, 2.45) is 0 Å². The van der Waals surface area contributed by atoms with E-state index in [0.29, 0.717) is 11.3 Å². The third-order valence-corrected chi connectivity index (χ3v) is 2.65. The molecule has 1 aromatic rings. The molecule has 0 bridgehead atoms. The van der Waals surface area contributed by atoms with Crippen molar-refractivity contribution in [2.75, 3.05) is 11.9 Å². The zero-order valence-electron chi connectivity index (χ0n) is 10.3. The van der Waals surface area contributed by atoms with Crippen molar-refractivity contribution < 1.29 is 19.8 Å². The summed E-state index contributed by atoms with van der Waals surface area (Å²) in [4.78, 5) is 21.8. The molecule has 0 saturated heterocycles. The highest BCUT2D eigenvalue weighted by molar-refractivity contribution is 6.33. The molecule has 1 atom stereocenters. The second-order valence-electron chi connectivity index (χ2n) is 3.83. The first-order valence-electron chi connectivity index (χ1n) is 5.59. The summed E-state index contributed by atoms with van der Waals surface area (Å²) in [6.45, 7) is -0.00675. The number of amides is 2. The van der Waals surface area contributed by atoms with Gasteiger partial charge in [0.2, 0.25) is 0 Å². The van der Waals surface area contributed by atoms with Crippen molar-refractivity contribution in [1.29, 1.82) is 5.26 Å². The van der Waals surface area contributed by atoms with Crippen LogP contribution in [0.5, 0.6) is 0 Å². The van der Waals surface area contributed by atoms with E-state index >= 15 is 0 Å². The Morgan fingerprint density at radius 2 is 2.15 bits per heavy atom. The molecule has 2 amide bonds. The lowest BCUT2D eigenvalue weighted by Crippen LogP contribution is -2.33. The van der Waals surface area contributed by atoms with E-state index in [1.807, 2.05) is 6.07 Å². The van der Waals surface area contributed by atoms with Crippen LogP contribution in [0.4, 0.5) is 10.5 Å².